The third-order valence-corrected chi connectivity index (χ3v) is 2.66. The molecule has 0 unspecified atom stereocenters. The molecular formula is C12H19B2NO2. The average Bonchev–Trinajstić information content (AvgIpc) is 2.61. The van der Waals surface area contributed by atoms with Gasteiger partial charge in [0.05, 0.1) is 0 Å². The van der Waals surface area contributed by atoms with Crippen molar-refractivity contribution in [3.63, 3.8) is 0 Å². The van der Waals surface area contributed by atoms with Crippen LogP contribution in [0.15, 0.2) is 18.2 Å². The highest BCUT2D eigenvalue weighted by atomic mass is 16.7. The summed E-state index contributed by atoms with van der Waals surface area (Å²) in [4.78, 5) is 0. The van der Waals surface area contributed by atoms with E-state index in [9.17, 15) is 0 Å². The van der Waals surface area contributed by atoms with Crippen molar-refractivity contribution in [2.45, 2.75) is 31.6 Å². The summed E-state index contributed by atoms with van der Waals surface area (Å²) in [6, 6.07) is 6.61. The minimum Gasteiger partial charge on any atom is -0.454 e. The predicted molar refractivity (Wildman–Crippen MR) is 74.4 cm³/mol. The second kappa shape index (κ2) is 4.65. The summed E-state index contributed by atoms with van der Waals surface area (Å²) in [7, 11) is 4.37. The Labute approximate surface area is 105 Å². The first-order valence-corrected chi connectivity index (χ1v) is 6.10. The van der Waals surface area contributed by atoms with E-state index in [-0.39, 0.29) is 5.34 Å². The molecule has 0 spiro atoms. The number of ether oxygens (including phenoxy) is 2. The lowest BCUT2D eigenvalue weighted by Crippen LogP contribution is -2.48. The molecule has 0 bridgehead atoms. The normalized spacial score (nSPS) is 15.9. The first-order chi connectivity index (χ1) is 7.94. The maximum absolute atomic E-state index is 5.38. The molecule has 1 heterocycles. The third-order valence-electron chi connectivity index (χ3n) is 2.66. The maximum atomic E-state index is 5.38. The van der Waals surface area contributed by atoms with Crippen LogP contribution in [0, 0.1) is 0 Å². The minimum absolute atomic E-state index is 0.149. The minimum atomic E-state index is 0.149. The Kier molecular flexibility index (Phi) is 3.38. The van der Waals surface area contributed by atoms with Crippen LogP contribution in [0.2, 0.25) is 0 Å². The van der Waals surface area contributed by atoms with Crippen molar-refractivity contribution in [1.29, 1.82) is 0 Å². The standard InChI is InChI=1S/C12H19B2NO2/c1-8(15-12(2,13)14)5-9-3-4-10-11(6-9)17-7-16-10/h3-4,6,8,15H,5,7,13-14H2,1-2H3/t8-/m0/s1. The van der Waals surface area contributed by atoms with Crippen LogP contribution in [0.5, 0.6) is 11.5 Å². The van der Waals surface area contributed by atoms with Gasteiger partial charge in [-0.05, 0) is 36.4 Å². The van der Waals surface area contributed by atoms with Crippen LogP contribution in [0.25, 0.3) is 0 Å². The highest BCUT2D eigenvalue weighted by Gasteiger charge is 2.16. The van der Waals surface area contributed by atoms with Gasteiger partial charge in [0, 0.05) is 6.04 Å². The summed E-state index contributed by atoms with van der Waals surface area (Å²) < 4.78 is 10.7. The third kappa shape index (κ3) is 3.43. The molecule has 0 saturated heterocycles. The number of nitrogens with one attached hydrogen (secondary N) is 1. The summed E-state index contributed by atoms with van der Waals surface area (Å²) in [5, 5.41) is 3.71. The molecule has 1 aromatic rings. The summed E-state index contributed by atoms with van der Waals surface area (Å²) >= 11 is 0. The van der Waals surface area contributed by atoms with Crippen LogP contribution in [0.4, 0.5) is 0 Å². The molecule has 0 radical (unpaired) electrons. The monoisotopic (exact) mass is 231 g/mol. The Morgan fingerprint density at radius 2 is 2.06 bits per heavy atom. The molecule has 0 saturated carbocycles. The molecule has 1 aliphatic heterocycles. The van der Waals surface area contributed by atoms with Crippen molar-refractivity contribution in [3.8, 4) is 11.5 Å². The van der Waals surface area contributed by atoms with Gasteiger partial charge in [0.1, 0.15) is 15.7 Å². The summed E-state index contributed by atoms with van der Waals surface area (Å²) in [6.07, 6.45) is 0.994. The van der Waals surface area contributed by atoms with Crippen LogP contribution in [-0.4, -0.2) is 33.9 Å². The fourth-order valence-corrected chi connectivity index (χ4v) is 2.21. The van der Waals surface area contributed by atoms with Gasteiger partial charge in [-0.1, -0.05) is 13.0 Å². The van der Waals surface area contributed by atoms with E-state index in [0.717, 1.165) is 17.9 Å². The quantitative estimate of drug-likeness (QED) is 0.732. The first kappa shape index (κ1) is 12.4. The van der Waals surface area contributed by atoms with Gasteiger partial charge in [-0.3, -0.25) is 0 Å². The second-order valence-corrected chi connectivity index (χ2v) is 5.69. The SMILES string of the molecule is BC(B)(C)N[C@@H](C)Cc1ccc2c(c1)OCO2. The fourth-order valence-electron chi connectivity index (χ4n) is 2.21. The molecule has 0 amide bonds. The molecule has 90 valence electrons. The zero-order valence-electron chi connectivity index (χ0n) is 11.0. The van der Waals surface area contributed by atoms with Crippen molar-refractivity contribution in [2.24, 2.45) is 0 Å². The van der Waals surface area contributed by atoms with E-state index in [1.165, 1.54) is 5.56 Å². The van der Waals surface area contributed by atoms with E-state index in [4.69, 9.17) is 9.47 Å². The summed E-state index contributed by atoms with van der Waals surface area (Å²) in [5.41, 5.74) is 1.28. The van der Waals surface area contributed by atoms with Crippen molar-refractivity contribution in [1.82, 2.24) is 5.32 Å². The zero-order chi connectivity index (χ0) is 12.5. The Balaban J connectivity index is 1.99. The molecule has 0 fully saturated rings. The first-order valence-electron chi connectivity index (χ1n) is 6.10. The van der Waals surface area contributed by atoms with Crippen LogP contribution >= 0.6 is 0 Å². The Bertz CT molecular complexity index is 404. The van der Waals surface area contributed by atoms with E-state index in [0.29, 0.717) is 12.8 Å². The molecular weight excluding hydrogens is 212 g/mol. The molecule has 2 rings (SSSR count). The van der Waals surface area contributed by atoms with Gasteiger partial charge in [0.2, 0.25) is 6.79 Å². The molecule has 1 aliphatic rings. The fraction of sp³-hybridized carbons (Fsp3) is 0.500. The lowest BCUT2D eigenvalue weighted by molar-refractivity contribution is 0.174. The topological polar surface area (TPSA) is 30.5 Å². The zero-order valence-corrected chi connectivity index (χ0v) is 11.0. The smallest absolute Gasteiger partial charge is 0.231 e. The maximum Gasteiger partial charge on any atom is 0.231 e. The van der Waals surface area contributed by atoms with Gasteiger partial charge in [0.25, 0.3) is 0 Å². The number of hydrogen-bond acceptors (Lipinski definition) is 3. The van der Waals surface area contributed by atoms with E-state index in [1.807, 2.05) is 6.07 Å². The Morgan fingerprint density at radius 1 is 1.35 bits per heavy atom. The number of rotatable bonds is 4. The van der Waals surface area contributed by atoms with Gasteiger partial charge >= 0.3 is 0 Å². The van der Waals surface area contributed by atoms with Gasteiger partial charge in [-0.15, -0.1) is 0 Å². The molecule has 1 aromatic carbocycles. The van der Waals surface area contributed by atoms with E-state index in [1.54, 1.807) is 0 Å². The Morgan fingerprint density at radius 3 is 2.76 bits per heavy atom. The molecule has 3 nitrogen and oxygen atoms in total. The lowest BCUT2D eigenvalue weighted by atomic mass is 9.63. The number of hydrogen-bond donors (Lipinski definition) is 1. The summed E-state index contributed by atoms with van der Waals surface area (Å²) in [6.45, 7) is 4.73. The molecule has 0 aliphatic carbocycles. The van der Waals surface area contributed by atoms with Crippen molar-refractivity contribution in [3.05, 3.63) is 23.8 Å². The number of fused-ring (bicyclic) bond motifs is 1. The molecule has 5 heteroatoms. The van der Waals surface area contributed by atoms with E-state index >= 15 is 0 Å². The van der Waals surface area contributed by atoms with Crippen molar-refractivity contribution in [2.75, 3.05) is 6.79 Å². The molecule has 1 atom stereocenters. The van der Waals surface area contributed by atoms with Gasteiger partial charge in [-0.2, -0.15) is 0 Å². The van der Waals surface area contributed by atoms with Crippen LogP contribution < -0.4 is 14.8 Å². The highest BCUT2D eigenvalue weighted by Crippen LogP contribution is 2.32. The molecule has 0 aromatic heterocycles. The van der Waals surface area contributed by atoms with Gasteiger partial charge in [-0.25, -0.2) is 0 Å². The number of benzene rings is 1. The average molecular weight is 231 g/mol. The Hall–Kier alpha value is -1.09. The predicted octanol–water partition coefficient (Wildman–Crippen LogP) is -0.124. The molecule has 1 N–H and O–H groups in total. The van der Waals surface area contributed by atoms with E-state index in [2.05, 4.69) is 47.0 Å². The summed E-state index contributed by atoms with van der Waals surface area (Å²) in [5.74, 6) is 1.72. The second-order valence-electron chi connectivity index (χ2n) is 5.69. The lowest BCUT2D eigenvalue weighted by Gasteiger charge is -2.26. The van der Waals surface area contributed by atoms with Crippen molar-refractivity contribution < 1.29 is 9.47 Å². The van der Waals surface area contributed by atoms with Gasteiger partial charge < -0.3 is 14.8 Å². The van der Waals surface area contributed by atoms with E-state index < -0.39 is 0 Å². The molecule has 17 heavy (non-hydrogen) atoms. The van der Waals surface area contributed by atoms with Crippen LogP contribution in [0.3, 0.4) is 0 Å². The van der Waals surface area contributed by atoms with Gasteiger partial charge in [0.15, 0.2) is 11.5 Å². The van der Waals surface area contributed by atoms with Crippen molar-refractivity contribution >= 4 is 15.7 Å². The highest BCUT2D eigenvalue weighted by molar-refractivity contribution is 6.39. The van der Waals surface area contributed by atoms with Crippen LogP contribution in [-0.2, 0) is 6.42 Å². The van der Waals surface area contributed by atoms with Crippen LogP contribution in [0.1, 0.15) is 19.4 Å². The largest absolute Gasteiger partial charge is 0.454 e.